The zero-order valence-corrected chi connectivity index (χ0v) is 8.02. The second-order valence-electron chi connectivity index (χ2n) is 3.96. The molecular weight excluding hydrogens is 164 g/mol. The summed E-state index contributed by atoms with van der Waals surface area (Å²) >= 11 is 5.78. The molecule has 1 heterocycles. The van der Waals surface area contributed by atoms with Crippen molar-refractivity contribution >= 4 is 11.6 Å². The molecule has 11 heavy (non-hydrogen) atoms. The van der Waals surface area contributed by atoms with Crippen molar-refractivity contribution in [2.45, 2.75) is 32.4 Å². The fourth-order valence-corrected chi connectivity index (χ4v) is 1.13. The highest BCUT2D eigenvalue weighted by Gasteiger charge is 2.30. The van der Waals surface area contributed by atoms with Gasteiger partial charge in [-0.2, -0.15) is 0 Å². The lowest BCUT2D eigenvalue weighted by Gasteiger charge is -2.35. The van der Waals surface area contributed by atoms with Crippen LogP contribution >= 0.6 is 11.6 Å². The summed E-state index contributed by atoms with van der Waals surface area (Å²) in [6.45, 7) is 7.47. The normalized spacial score (nSPS) is 33.8. The van der Waals surface area contributed by atoms with Crippen LogP contribution in [0.2, 0.25) is 0 Å². The van der Waals surface area contributed by atoms with E-state index in [1.54, 1.807) is 0 Å². The molecule has 0 aliphatic carbocycles. The van der Waals surface area contributed by atoms with Crippen LogP contribution in [0.1, 0.15) is 20.8 Å². The third-order valence-corrected chi connectivity index (χ3v) is 1.82. The molecule has 0 unspecified atom stereocenters. The summed E-state index contributed by atoms with van der Waals surface area (Å²) in [7, 11) is 0. The number of rotatable bonds is 0. The highest BCUT2D eigenvalue weighted by molar-refractivity contribution is 6.20. The maximum Gasteiger partial charge on any atom is 0.162 e. The van der Waals surface area contributed by atoms with Crippen molar-refractivity contribution in [1.82, 2.24) is 0 Å². The topological polar surface area (TPSA) is 18.5 Å². The largest absolute Gasteiger partial charge is 0.350 e. The van der Waals surface area contributed by atoms with E-state index in [0.29, 0.717) is 13.2 Å². The Balaban J connectivity index is 2.39. The van der Waals surface area contributed by atoms with Gasteiger partial charge in [-0.25, -0.2) is 0 Å². The van der Waals surface area contributed by atoms with E-state index in [1.165, 1.54) is 0 Å². The molecule has 3 heteroatoms. The smallest absolute Gasteiger partial charge is 0.162 e. The zero-order valence-electron chi connectivity index (χ0n) is 7.26. The van der Waals surface area contributed by atoms with E-state index in [0.717, 1.165) is 0 Å². The maximum atomic E-state index is 5.78. The van der Waals surface area contributed by atoms with Crippen molar-refractivity contribution in [2.24, 2.45) is 5.41 Å². The zero-order chi connectivity index (χ0) is 8.48. The molecule has 0 atom stereocenters. The van der Waals surface area contributed by atoms with Crippen LogP contribution in [-0.4, -0.2) is 24.9 Å². The molecule has 0 saturated carbocycles. The molecule has 1 fully saturated rings. The highest BCUT2D eigenvalue weighted by atomic mass is 35.5. The molecule has 1 aliphatic rings. The number of ether oxygens (including phenoxy) is 2. The summed E-state index contributed by atoms with van der Waals surface area (Å²) < 4.78 is 10.8. The number of hydrogen-bond donors (Lipinski definition) is 0. The minimum atomic E-state index is -0.0995. The van der Waals surface area contributed by atoms with E-state index in [-0.39, 0.29) is 17.1 Å². The van der Waals surface area contributed by atoms with Crippen molar-refractivity contribution in [3.63, 3.8) is 0 Å². The van der Waals surface area contributed by atoms with Gasteiger partial charge >= 0.3 is 0 Å². The fourth-order valence-electron chi connectivity index (χ4n) is 0.980. The highest BCUT2D eigenvalue weighted by Crippen LogP contribution is 2.26. The lowest BCUT2D eigenvalue weighted by molar-refractivity contribution is -0.222. The van der Waals surface area contributed by atoms with Gasteiger partial charge in [0.1, 0.15) is 0 Å². The van der Waals surface area contributed by atoms with Gasteiger partial charge in [0.05, 0.1) is 18.6 Å². The molecule has 0 bridgehead atoms. The average Bonchev–Trinajstić information content (AvgIpc) is 1.86. The fraction of sp³-hybridized carbons (Fsp3) is 1.00. The van der Waals surface area contributed by atoms with Gasteiger partial charge in [0.25, 0.3) is 0 Å². The molecule has 1 rings (SSSR count). The molecule has 66 valence electrons. The van der Waals surface area contributed by atoms with Gasteiger partial charge in [-0.3, -0.25) is 0 Å². The maximum absolute atomic E-state index is 5.78. The lowest BCUT2D eigenvalue weighted by atomic mass is 9.95. The van der Waals surface area contributed by atoms with Crippen LogP contribution in [0.15, 0.2) is 0 Å². The van der Waals surface area contributed by atoms with Crippen molar-refractivity contribution in [1.29, 1.82) is 0 Å². The predicted molar refractivity (Wildman–Crippen MR) is 44.8 cm³/mol. The van der Waals surface area contributed by atoms with E-state index < -0.39 is 0 Å². The molecule has 1 aliphatic heterocycles. The van der Waals surface area contributed by atoms with Crippen molar-refractivity contribution < 1.29 is 9.47 Å². The molecule has 0 aromatic rings. The molecule has 0 amide bonds. The molecular formula is C8H15ClO2. The predicted octanol–water partition coefficient (Wildman–Crippen LogP) is 2.01. The van der Waals surface area contributed by atoms with Crippen LogP contribution in [0.4, 0.5) is 0 Å². The Kier molecular flexibility index (Phi) is 2.79. The molecule has 2 nitrogen and oxygen atoms in total. The van der Waals surface area contributed by atoms with E-state index in [9.17, 15) is 0 Å². The van der Waals surface area contributed by atoms with Crippen molar-refractivity contribution in [3.8, 4) is 0 Å². The first-order valence-electron chi connectivity index (χ1n) is 3.87. The van der Waals surface area contributed by atoms with Crippen LogP contribution in [0.3, 0.4) is 0 Å². The summed E-state index contributed by atoms with van der Waals surface area (Å²) in [4.78, 5) is 0. The van der Waals surface area contributed by atoms with E-state index in [2.05, 4.69) is 20.8 Å². The van der Waals surface area contributed by atoms with Crippen molar-refractivity contribution in [2.75, 3.05) is 13.2 Å². The quantitative estimate of drug-likeness (QED) is 0.529. The summed E-state index contributed by atoms with van der Waals surface area (Å²) in [6, 6.07) is 0. The van der Waals surface area contributed by atoms with Crippen LogP contribution in [-0.2, 0) is 9.47 Å². The number of hydrogen-bond acceptors (Lipinski definition) is 2. The molecule has 0 spiro atoms. The summed E-state index contributed by atoms with van der Waals surface area (Å²) in [5.74, 6) is 0. The van der Waals surface area contributed by atoms with Gasteiger partial charge in [0.15, 0.2) is 6.29 Å². The van der Waals surface area contributed by atoms with Gasteiger partial charge in [-0.05, 0) is 0 Å². The van der Waals surface area contributed by atoms with Gasteiger partial charge in [-0.1, -0.05) is 20.8 Å². The second kappa shape index (κ2) is 3.30. The van der Waals surface area contributed by atoms with Crippen molar-refractivity contribution in [3.05, 3.63) is 0 Å². The first kappa shape index (κ1) is 9.30. The molecule has 0 aromatic heterocycles. The Morgan fingerprint density at radius 1 is 1.18 bits per heavy atom. The molecule has 0 N–H and O–H groups in total. The second-order valence-corrected chi connectivity index (χ2v) is 4.58. The average molecular weight is 179 g/mol. The Labute approximate surface area is 72.8 Å². The third kappa shape index (κ3) is 2.62. The standard InChI is InChI=1S/C8H15ClO2/c1-8(2,3)7-10-4-6(9)5-11-7/h6-7H,4-5H2,1-3H3. The Hall–Kier alpha value is 0.210. The van der Waals surface area contributed by atoms with Gasteiger partial charge < -0.3 is 9.47 Å². The molecule has 0 aromatic carbocycles. The van der Waals surface area contributed by atoms with Crippen LogP contribution in [0.25, 0.3) is 0 Å². The molecule has 1 saturated heterocycles. The van der Waals surface area contributed by atoms with Gasteiger partial charge in [0, 0.05) is 5.41 Å². The number of halogens is 1. The lowest BCUT2D eigenvalue weighted by Crippen LogP contribution is -2.40. The summed E-state index contributed by atoms with van der Waals surface area (Å²) in [6.07, 6.45) is -0.0995. The summed E-state index contributed by atoms with van der Waals surface area (Å²) in [5, 5.41) is 0.0219. The third-order valence-electron chi connectivity index (χ3n) is 1.56. The Morgan fingerprint density at radius 2 is 1.64 bits per heavy atom. The van der Waals surface area contributed by atoms with E-state index in [1.807, 2.05) is 0 Å². The van der Waals surface area contributed by atoms with Crippen LogP contribution in [0.5, 0.6) is 0 Å². The monoisotopic (exact) mass is 178 g/mol. The molecule has 0 radical (unpaired) electrons. The van der Waals surface area contributed by atoms with Gasteiger partial charge in [-0.15, -0.1) is 11.6 Å². The summed E-state index contributed by atoms with van der Waals surface area (Å²) in [5.41, 5.74) is 0.0526. The minimum Gasteiger partial charge on any atom is -0.350 e. The number of alkyl halides is 1. The first-order chi connectivity index (χ1) is 5.00. The van der Waals surface area contributed by atoms with E-state index >= 15 is 0 Å². The van der Waals surface area contributed by atoms with E-state index in [4.69, 9.17) is 21.1 Å². The SMILES string of the molecule is CC(C)(C)C1OCC(Cl)CO1. The minimum absolute atomic E-state index is 0.0219. The van der Waals surface area contributed by atoms with Crippen LogP contribution < -0.4 is 0 Å². The Bertz CT molecular complexity index is 123. The van der Waals surface area contributed by atoms with Gasteiger partial charge in [0.2, 0.25) is 0 Å². The van der Waals surface area contributed by atoms with Crippen LogP contribution in [0, 0.1) is 5.41 Å². The first-order valence-corrected chi connectivity index (χ1v) is 4.31. The Morgan fingerprint density at radius 3 is 2.00 bits per heavy atom.